The monoisotopic (exact) mass is 525 g/mol. The third kappa shape index (κ3) is 6.31. The highest BCUT2D eigenvalue weighted by Gasteiger charge is 2.29. The molecule has 1 aliphatic heterocycles. The first-order valence-corrected chi connectivity index (χ1v) is 12.9. The number of benzene rings is 2. The maximum absolute atomic E-state index is 13.7. The van der Waals surface area contributed by atoms with Crippen molar-refractivity contribution in [3.05, 3.63) is 47.3 Å². The molecule has 0 aliphatic carbocycles. The van der Waals surface area contributed by atoms with Crippen molar-refractivity contribution in [2.75, 3.05) is 33.4 Å². The van der Waals surface area contributed by atoms with Crippen molar-refractivity contribution in [2.24, 2.45) is 0 Å². The first kappa shape index (κ1) is 26.5. The predicted molar refractivity (Wildman–Crippen MR) is 132 cm³/mol. The summed E-state index contributed by atoms with van der Waals surface area (Å²) in [5, 5.41) is 5.51. The van der Waals surface area contributed by atoms with E-state index in [-0.39, 0.29) is 46.1 Å². The number of hydrogen-bond acceptors (Lipinski definition) is 7. The molecule has 0 spiro atoms. The minimum atomic E-state index is -4.06. The number of carbonyl (C=O) groups excluding carboxylic acids is 1. The maximum Gasteiger partial charge on any atom is 0.267 e. The molecule has 0 bridgehead atoms. The molecule has 0 fully saturated rings. The summed E-state index contributed by atoms with van der Waals surface area (Å²) < 4.78 is 58.7. The molecule has 9 nitrogen and oxygen atoms in total. The number of methoxy groups -OCH3 is 1. The van der Waals surface area contributed by atoms with Gasteiger partial charge in [0.15, 0.2) is 5.11 Å². The molecule has 0 saturated heterocycles. The highest BCUT2D eigenvalue weighted by molar-refractivity contribution is 7.92. The molecule has 12 heteroatoms. The molecular weight excluding hydrogens is 497 g/mol. The predicted octanol–water partition coefficient (Wildman–Crippen LogP) is 2.70. The fraction of sp³-hybridized carbons (Fsp3) is 0.391. The van der Waals surface area contributed by atoms with Crippen LogP contribution in [0, 0.1) is 5.82 Å². The number of nitrogens with one attached hydrogen (secondary N) is 3. The van der Waals surface area contributed by atoms with Gasteiger partial charge < -0.3 is 24.8 Å². The summed E-state index contributed by atoms with van der Waals surface area (Å²) in [5.74, 6) is -0.483. The van der Waals surface area contributed by atoms with Gasteiger partial charge in [-0.05, 0) is 56.8 Å². The Morgan fingerprint density at radius 1 is 1.20 bits per heavy atom. The lowest BCUT2D eigenvalue weighted by atomic mass is 9.92. The molecule has 3 N–H and O–H groups in total. The van der Waals surface area contributed by atoms with Crippen LogP contribution in [0.5, 0.6) is 17.2 Å². The van der Waals surface area contributed by atoms with Crippen LogP contribution in [-0.4, -0.2) is 52.9 Å². The summed E-state index contributed by atoms with van der Waals surface area (Å²) in [7, 11) is -2.66. The number of hydrogen-bond donors (Lipinski definition) is 3. The van der Waals surface area contributed by atoms with Crippen LogP contribution in [0.2, 0.25) is 0 Å². The van der Waals surface area contributed by atoms with E-state index in [0.717, 1.165) is 6.07 Å². The molecule has 0 aromatic heterocycles. The van der Waals surface area contributed by atoms with Gasteiger partial charge in [-0.1, -0.05) is 0 Å². The number of ether oxygens (including phenoxy) is 3. The first-order chi connectivity index (χ1) is 16.7. The third-order valence-electron chi connectivity index (χ3n) is 5.31. The lowest BCUT2D eigenvalue weighted by Crippen LogP contribution is -2.39. The fourth-order valence-electron chi connectivity index (χ4n) is 3.70. The van der Waals surface area contributed by atoms with E-state index in [1.165, 1.54) is 31.4 Å². The van der Waals surface area contributed by atoms with Crippen molar-refractivity contribution in [1.82, 2.24) is 15.4 Å². The van der Waals surface area contributed by atoms with Gasteiger partial charge in [0.2, 0.25) is 0 Å². The molecule has 3 rings (SSSR count). The van der Waals surface area contributed by atoms with E-state index in [4.69, 9.17) is 26.4 Å². The molecule has 1 heterocycles. The van der Waals surface area contributed by atoms with Crippen LogP contribution in [0.3, 0.4) is 0 Å². The van der Waals surface area contributed by atoms with Crippen LogP contribution < -0.4 is 29.6 Å². The molecular formula is C23H28FN3O6S2. The van der Waals surface area contributed by atoms with E-state index >= 15 is 0 Å². The second-order valence-corrected chi connectivity index (χ2v) is 9.68. The lowest BCUT2D eigenvalue weighted by molar-refractivity contribution is 0.0944. The Morgan fingerprint density at radius 2 is 1.97 bits per heavy atom. The zero-order chi connectivity index (χ0) is 25.6. The van der Waals surface area contributed by atoms with Gasteiger partial charge in [-0.3, -0.25) is 9.52 Å². The topological polar surface area (TPSA) is 115 Å². The second kappa shape index (κ2) is 11.5. The molecule has 1 amide bonds. The van der Waals surface area contributed by atoms with E-state index in [1.54, 1.807) is 13.8 Å². The van der Waals surface area contributed by atoms with Crippen LogP contribution in [0.1, 0.15) is 42.1 Å². The van der Waals surface area contributed by atoms with E-state index < -0.39 is 21.7 Å². The molecule has 190 valence electrons. The Kier molecular flexibility index (Phi) is 8.73. The van der Waals surface area contributed by atoms with Gasteiger partial charge in [0.25, 0.3) is 15.9 Å². The summed E-state index contributed by atoms with van der Waals surface area (Å²) >= 11 is 5.05. The minimum absolute atomic E-state index is 0.0308. The van der Waals surface area contributed by atoms with Crippen LogP contribution in [0.25, 0.3) is 0 Å². The minimum Gasteiger partial charge on any atom is -0.496 e. The Bertz CT molecular complexity index is 1210. The van der Waals surface area contributed by atoms with E-state index in [2.05, 4.69) is 15.4 Å². The first-order valence-electron chi connectivity index (χ1n) is 11.1. The Balaban J connectivity index is 1.90. The van der Waals surface area contributed by atoms with Gasteiger partial charge in [-0.25, -0.2) is 12.8 Å². The van der Waals surface area contributed by atoms with Crippen molar-refractivity contribution in [1.29, 1.82) is 0 Å². The third-order valence-corrected chi connectivity index (χ3v) is 7.06. The van der Waals surface area contributed by atoms with Crippen LogP contribution in [-0.2, 0) is 10.0 Å². The summed E-state index contributed by atoms with van der Waals surface area (Å²) in [6, 6.07) is 6.70. The molecule has 0 radical (unpaired) electrons. The van der Waals surface area contributed by atoms with Crippen molar-refractivity contribution in [3.8, 4) is 17.2 Å². The average molecular weight is 526 g/mol. The van der Waals surface area contributed by atoms with Gasteiger partial charge in [0.05, 0.1) is 25.9 Å². The van der Waals surface area contributed by atoms with Crippen LogP contribution >= 0.6 is 12.2 Å². The Morgan fingerprint density at radius 3 is 2.66 bits per heavy atom. The molecule has 35 heavy (non-hydrogen) atoms. The molecule has 1 aliphatic rings. The van der Waals surface area contributed by atoms with E-state index in [9.17, 15) is 17.6 Å². The van der Waals surface area contributed by atoms with Gasteiger partial charge >= 0.3 is 0 Å². The summed E-state index contributed by atoms with van der Waals surface area (Å²) in [4.78, 5) is 12.7. The van der Waals surface area contributed by atoms with Gasteiger partial charge in [-0.2, -0.15) is 0 Å². The summed E-state index contributed by atoms with van der Waals surface area (Å²) in [6.45, 7) is 4.78. The largest absolute Gasteiger partial charge is 0.496 e. The number of thiocarbonyl (C=S) groups is 1. The van der Waals surface area contributed by atoms with Gasteiger partial charge in [0.1, 0.15) is 28.0 Å². The Labute approximate surface area is 209 Å². The highest BCUT2D eigenvalue weighted by atomic mass is 32.2. The molecule has 2 aromatic rings. The highest BCUT2D eigenvalue weighted by Crippen LogP contribution is 2.40. The van der Waals surface area contributed by atoms with Crippen LogP contribution in [0.4, 0.5) is 4.39 Å². The van der Waals surface area contributed by atoms with E-state index in [1.807, 2.05) is 0 Å². The van der Waals surface area contributed by atoms with Crippen LogP contribution in [0.15, 0.2) is 35.2 Å². The molecule has 1 unspecified atom stereocenters. The normalized spacial score (nSPS) is 14.8. The zero-order valence-corrected chi connectivity index (χ0v) is 21.3. The second-order valence-electron chi connectivity index (χ2n) is 7.62. The van der Waals surface area contributed by atoms with E-state index in [0.29, 0.717) is 30.9 Å². The average Bonchev–Trinajstić information content (AvgIpc) is 2.81. The SMILES string of the molecule is CCNC(=S)NS(=O)(=O)c1cc2c(cc1OCC)OCCC2CNC(=O)c1cc(F)ccc1OC. The number of sulfonamides is 1. The number of fused-ring (bicyclic) bond motifs is 1. The molecule has 2 aromatic carbocycles. The molecule has 1 atom stereocenters. The number of carbonyl (C=O) groups is 1. The van der Waals surface area contributed by atoms with Crippen molar-refractivity contribution in [2.45, 2.75) is 31.1 Å². The van der Waals surface area contributed by atoms with Crippen molar-refractivity contribution < 1.29 is 31.8 Å². The van der Waals surface area contributed by atoms with Crippen molar-refractivity contribution in [3.63, 3.8) is 0 Å². The Hall–Kier alpha value is -3.12. The zero-order valence-electron chi connectivity index (χ0n) is 19.6. The maximum atomic E-state index is 13.7. The van der Waals surface area contributed by atoms with Gasteiger partial charge in [-0.15, -0.1) is 0 Å². The standard InChI is InChI=1S/C23H28FN3O6S2/c1-4-25-23(34)27-35(29,30)21-11-16-14(8-9-33-19(16)12-20(21)32-5-2)13-26-22(28)17-10-15(24)6-7-18(17)31-3/h6-7,10-12,14H,4-5,8-9,13H2,1-3H3,(H,26,28)(H2,25,27,34). The number of rotatable bonds is 9. The molecule has 0 saturated carbocycles. The number of halogens is 1. The summed E-state index contributed by atoms with van der Waals surface area (Å²) in [5.41, 5.74) is 0.664. The summed E-state index contributed by atoms with van der Waals surface area (Å²) in [6.07, 6.45) is 0.532. The van der Waals surface area contributed by atoms with Crippen molar-refractivity contribution >= 4 is 33.3 Å². The van der Waals surface area contributed by atoms with Gasteiger partial charge in [0, 0.05) is 30.6 Å². The smallest absolute Gasteiger partial charge is 0.267 e. The lowest BCUT2D eigenvalue weighted by Gasteiger charge is -2.28. The quantitative estimate of drug-likeness (QED) is 0.428. The number of amides is 1. The fourth-order valence-corrected chi connectivity index (χ4v) is 5.26.